The minimum atomic E-state index is 0.0876. The van der Waals surface area contributed by atoms with Crippen LogP contribution in [0.1, 0.15) is 32.6 Å². The number of nitrogens with zero attached hydrogens (tertiary/aromatic N) is 1. The third-order valence-electron chi connectivity index (χ3n) is 4.07. The molecule has 2 aliphatic rings. The summed E-state index contributed by atoms with van der Waals surface area (Å²) in [6.45, 7) is 6.27. The summed E-state index contributed by atoms with van der Waals surface area (Å²) >= 11 is 0. The third kappa shape index (κ3) is 5.77. The first-order chi connectivity index (χ1) is 9.67. The van der Waals surface area contributed by atoms with Gasteiger partial charge < -0.3 is 15.4 Å². The Morgan fingerprint density at radius 3 is 2.90 bits per heavy atom. The number of carbonyl (C=O) groups is 1. The summed E-state index contributed by atoms with van der Waals surface area (Å²) in [5, 5.41) is 6.59. The van der Waals surface area contributed by atoms with Crippen molar-refractivity contribution in [3.05, 3.63) is 0 Å². The lowest BCUT2D eigenvalue weighted by molar-refractivity contribution is -0.123. The average molecular weight is 283 g/mol. The number of hydrogen-bond acceptors (Lipinski definition) is 4. The number of likely N-dealkylation sites (tertiary alicyclic amines) is 1. The molecule has 1 aliphatic heterocycles. The van der Waals surface area contributed by atoms with Gasteiger partial charge in [-0.15, -0.1) is 0 Å². The van der Waals surface area contributed by atoms with Crippen LogP contribution in [0.4, 0.5) is 0 Å². The highest BCUT2D eigenvalue weighted by molar-refractivity contribution is 5.78. The molecule has 116 valence electrons. The zero-order valence-electron chi connectivity index (χ0n) is 12.9. The topological polar surface area (TPSA) is 53.6 Å². The van der Waals surface area contributed by atoms with Crippen LogP contribution >= 0.6 is 0 Å². The molecule has 0 aromatic carbocycles. The Hall–Kier alpha value is -0.650. The molecule has 20 heavy (non-hydrogen) atoms. The van der Waals surface area contributed by atoms with E-state index in [0.717, 1.165) is 25.7 Å². The van der Waals surface area contributed by atoms with Gasteiger partial charge in [0.1, 0.15) is 0 Å². The van der Waals surface area contributed by atoms with E-state index >= 15 is 0 Å². The number of nitrogens with one attached hydrogen (secondary N) is 2. The number of methoxy groups -OCH3 is 1. The van der Waals surface area contributed by atoms with Crippen molar-refractivity contribution in [1.82, 2.24) is 15.5 Å². The van der Waals surface area contributed by atoms with Gasteiger partial charge in [0.25, 0.3) is 0 Å². The van der Waals surface area contributed by atoms with Crippen LogP contribution in [0.3, 0.4) is 0 Å². The van der Waals surface area contributed by atoms with Crippen molar-refractivity contribution in [1.29, 1.82) is 0 Å². The molecule has 0 aromatic heterocycles. The molecule has 2 atom stereocenters. The van der Waals surface area contributed by atoms with Crippen LogP contribution in [0.2, 0.25) is 0 Å². The number of amides is 1. The Bertz CT molecular complexity index is 307. The molecule has 1 aliphatic carbocycles. The molecule has 0 bridgehead atoms. The lowest BCUT2D eigenvalue weighted by atomic mass is 9.98. The molecule has 5 nitrogen and oxygen atoms in total. The zero-order valence-corrected chi connectivity index (χ0v) is 12.9. The van der Waals surface area contributed by atoms with Crippen LogP contribution < -0.4 is 10.6 Å². The molecule has 1 saturated carbocycles. The second kappa shape index (κ2) is 7.96. The summed E-state index contributed by atoms with van der Waals surface area (Å²) < 4.78 is 5.04. The molecule has 1 heterocycles. The molecule has 2 rings (SSSR count). The molecular formula is C15H29N3O2. The van der Waals surface area contributed by atoms with Crippen molar-refractivity contribution < 1.29 is 9.53 Å². The van der Waals surface area contributed by atoms with Crippen LogP contribution in [-0.2, 0) is 9.53 Å². The molecule has 1 saturated heterocycles. The van der Waals surface area contributed by atoms with E-state index in [1.165, 1.54) is 25.7 Å². The lowest BCUT2D eigenvalue weighted by Gasteiger charge is -2.32. The molecule has 2 unspecified atom stereocenters. The highest BCUT2D eigenvalue weighted by atomic mass is 16.5. The maximum absolute atomic E-state index is 12.0. The largest absolute Gasteiger partial charge is 0.383 e. The fraction of sp³-hybridized carbons (Fsp3) is 0.933. The Labute approximate surface area is 122 Å². The van der Waals surface area contributed by atoms with E-state index in [1.807, 2.05) is 6.92 Å². The van der Waals surface area contributed by atoms with Gasteiger partial charge in [0.15, 0.2) is 0 Å². The molecule has 2 N–H and O–H groups in total. The average Bonchev–Trinajstić information content (AvgIpc) is 3.20. The molecule has 5 heteroatoms. The van der Waals surface area contributed by atoms with E-state index in [9.17, 15) is 4.79 Å². The van der Waals surface area contributed by atoms with Gasteiger partial charge in [-0.25, -0.2) is 0 Å². The van der Waals surface area contributed by atoms with Crippen molar-refractivity contribution in [2.24, 2.45) is 5.92 Å². The number of hydrogen-bond donors (Lipinski definition) is 2. The first-order valence-corrected chi connectivity index (χ1v) is 7.91. The van der Waals surface area contributed by atoms with Gasteiger partial charge in [-0.05, 0) is 51.6 Å². The predicted octanol–water partition coefficient (Wildman–Crippen LogP) is 0.602. The van der Waals surface area contributed by atoms with Crippen LogP contribution in [0, 0.1) is 5.92 Å². The molecule has 0 radical (unpaired) electrons. The van der Waals surface area contributed by atoms with E-state index in [0.29, 0.717) is 19.1 Å². The van der Waals surface area contributed by atoms with Gasteiger partial charge in [0.2, 0.25) is 5.91 Å². The normalized spacial score (nSPS) is 25.4. The van der Waals surface area contributed by atoms with Crippen LogP contribution in [0.15, 0.2) is 0 Å². The SMILES string of the molecule is COCC(C)NC(=O)CN1CCCC(CNC2CC2)C1. The van der Waals surface area contributed by atoms with Gasteiger partial charge in [-0.1, -0.05) is 0 Å². The summed E-state index contributed by atoms with van der Waals surface area (Å²) in [6.07, 6.45) is 5.18. The highest BCUT2D eigenvalue weighted by Crippen LogP contribution is 2.21. The van der Waals surface area contributed by atoms with Gasteiger partial charge in [-0.3, -0.25) is 9.69 Å². The summed E-state index contributed by atoms with van der Waals surface area (Å²) in [6, 6.07) is 0.869. The molecule has 0 aromatic rings. The Kier molecular flexibility index (Phi) is 6.26. The van der Waals surface area contributed by atoms with Crippen LogP contribution in [-0.4, -0.2) is 62.8 Å². The van der Waals surface area contributed by atoms with Crippen LogP contribution in [0.25, 0.3) is 0 Å². The maximum atomic E-state index is 12.0. The summed E-state index contributed by atoms with van der Waals surface area (Å²) in [7, 11) is 1.66. The second-order valence-corrected chi connectivity index (χ2v) is 6.35. The van der Waals surface area contributed by atoms with E-state index in [1.54, 1.807) is 7.11 Å². The summed E-state index contributed by atoms with van der Waals surface area (Å²) in [5.41, 5.74) is 0. The fourth-order valence-electron chi connectivity index (χ4n) is 2.90. The van der Waals surface area contributed by atoms with Crippen molar-refractivity contribution in [3.8, 4) is 0 Å². The Morgan fingerprint density at radius 2 is 2.20 bits per heavy atom. The smallest absolute Gasteiger partial charge is 0.234 e. The van der Waals surface area contributed by atoms with Gasteiger partial charge in [-0.2, -0.15) is 0 Å². The second-order valence-electron chi connectivity index (χ2n) is 6.35. The number of ether oxygens (including phenoxy) is 1. The van der Waals surface area contributed by atoms with Crippen molar-refractivity contribution in [3.63, 3.8) is 0 Å². The van der Waals surface area contributed by atoms with Crippen molar-refractivity contribution in [2.45, 2.75) is 44.7 Å². The monoisotopic (exact) mass is 283 g/mol. The summed E-state index contributed by atoms with van der Waals surface area (Å²) in [5.74, 6) is 0.818. The summed E-state index contributed by atoms with van der Waals surface area (Å²) in [4.78, 5) is 14.2. The molecular weight excluding hydrogens is 254 g/mol. The van der Waals surface area contributed by atoms with Crippen molar-refractivity contribution in [2.75, 3.05) is 39.9 Å². The predicted molar refractivity (Wildman–Crippen MR) is 79.7 cm³/mol. The maximum Gasteiger partial charge on any atom is 0.234 e. The Morgan fingerprint density at radius 1 is 1.40 bits per heavy atom. The molecule has 2 fully saturated rings. The Balaban J connectivity index is 1.64. The standard InChI is InChI=1S/C15H29N3O2/c1-12(11-20-2)17-15(19)10-18-7-3-4-13(9-18)8-16-14-5-6-14/h12-14,16H,3-11H2,1-2H3,(H,17,19). The first-order valence-electron chi connectivity index (χ1n) is 7.91. The lowest BCUT2D eigenvalue weighted by Crippen LogP contribution is -2.47. The zero-order chi connectivity index (χ0) is 14.4. The minimum absolute atomic E-state index is 0.0876. The van der Waals surface area contributed by atoms with E-state index in [4.69, 9.17) is 4.74 Å². The molecule has 0 spiro atoms. The highest BCUT2D eigenvalue weighted by Gasteiger charge is 2.25. The number of piperidine rings is 1. The van der Waals surface area contributed by atoms with E-state index in [2.05, 4.69) is 15.5 Å². The van der Waals surface area contributed by atoms with Crippen LogP contribution in [0.5, 0.6) is 0 Å². The van der Waals surface area contributed by atoms with Gasteiger partial charge >= 0.3 is 0 Å². The third-order valence-corrected chi connectivity index (χ3v) is 4.07. The quantitative estimate of drug-likeness (QED) is 0.685. The molecule has 1 amide bonds. The fourth-order valence-corrected chi connectivity index (χ4v) is 2.90. The van der Waals surface area contributed by atoms with E-state index in [-0.39, 0.29) is 11.9 Å². The number of carbonyl (C=O) groups excluding carboxylic acids is 1. The van der Waals surface area contributed by atoms with Crippen molar-refractivity contribution >= 4 is 5.91 Å². The minimum Gasteiger partial charge on any atom is -0.383 e. The number of rotatable bonds is 8. The van der Waals surface area contributed by atoms with Gasteiger partial charge in [0, 0.05) is 25.7 Å². The van der Waals surface area contributed by atoms with Gasteiger partial charge in [0.05, 0.1) is 13.2 Å². The first kappa shape index (κ1) is 15.7. The van der Waals surface area contributed by atoms with E-state index < -0.39 is 0 Å².